The molecule has 2 aliphatic rings. The fourth-order valence-corrected chi connectivity index (χ4v) is 4.86. The van der Waals surface area contributed by atoms with Crippen molar-refractivity contribution < 1.29 is 9.53 Å². The van der Waals surface area contributed by atoms with Crippen LogP contribution in [0.5, 0.6) is 0 Å². The van der Waals surface area contributed by atoms with Gasteiger partial charge in [-0.3, -0.25) is 4.79 Å². The van der Waals surface area contributed by atoms with Gasteiger partial charge in [-0.2, -0.15) is 5.26 Å². The van der Waals surface area contributed by atoms with Crippen LogP contribution < -0.4 is 4.90 Å². The van der Waals surface area contributed by atoms with Crippen molar-refractivity contribution >= 4 is 22.6 Å². The zero-order chi connectivity index (χ0) is 21.4. The molecule has 4 heterocycles. The van der Waals surface area contributed by atoms with E-state index < -0.39 is 0 Å². The van der Waals surface area contributed by atoms with E-state index in [0.29, 0.717) is 44.1 Å². The van der Waals surface area contributed by atoms with Gasteiger partial charge in [0.1, 0.15) is 11.9 Å². The number of aryl methyl sites for hydroxylation is 1. The number of aromatic nitrogens is 2. The van der Waals surface area contributed by atoms with Crippen molar-refractivity contribution in [2.45, 2.75) is 12.5 Å². The number of benzene rings is 1. The van der Waals surface area contributed by atoms with E-state index in [-0.39, 0.29) is 17.9 Å². The molecule has 31 heavy (non-hydrogen) atoms. The highest BCUT2D eigenvalue weighted by Crippen LogP contribution is 2.28. The van der Waals surface area contributed by atoms with E-state index in [1.165, 1.54) is 0 Å². The van der Waals surface area contributed by atoms with Crippen molar-refractivity contribution in [3.8, 4) is 6.07 Å². The lowest BCUT2D eigenvalue weighted by Crippen LogP contribution is -2.46. The molecule has 3 aromatic rings. The Bertz CT molecular complexity index is 1160. The summed E-state index contributed by atoms with van der Waals surface area (Å²) < 4.78 is 7.98. The molecule has 5 rings (SSSR count). The number of carbonyl (C=O) groups is 1. The van der Waals surface area contributed by atoms with Crippen LogP contribution in [0.2, 0.25) is 0 Å². The van der Waals surface area contributed by atoms with E-state index in [2.05, 4.69) is 38.8 Å². The number of hydrogen-bond acceptors (Lipinski definition) is 5. The molecule has 0 unspecified atom stereocenters. The number of amides is 1. The number of ether oxygens (including phenoxy) is 1. The lowest BCUT2D eigenvalue weighted by atomic mass is 10.1. The number of rotatable bonds is 3. The second-order valence-electron chi connectivity index (χ2n) is 8.45. The highest BCUT2D eigenvalue weighted by atomic mass is 16.5. The molecule has 2 saturated heterocycles. The predicted molar refractivity (Wildman–Crippen MR) is 118 cm³/mol. The van der Waals surface area contributed by atoms with Gasteiger partial charge in [-0.25, -0.2) is 4.98 Å². The summed E-state index contributed by atoms with van der Waals surface area (Å²) in [6, 6.07) is 14.0. The Hall–Kier alpha value is -3.37. The normalized spacial score (nSPS) is 21.0. The topological polar surface area (TPSA) is 74.4 Å². The molecule has 0 aliphatic carbocycles. The molecule has 7 heteroatoms. The molecule has 2 bridgehead atoms. The number of nitriles is 1. The van der Waals surface area contributed by atoms with E-state index in [9.17, 15) is 10.1 Å². The van der Waals surface area contributed by atoms with Gasteiger partial charge in [-0.15, -0.1) is 0 Å². The van der Waals surface area contributed by atoms with Gasteiger partial charge < -0.3 is 19.1 Å². The Kier molecular flexibility index (Phi) is 5.08. The summed E-state index contributed by atoms with van der Waals surface area (Å²) in [5, 5.41) is 10.7. The second-order valence-corrected chi connectivity index (χ2v) is 8.45. The van der Waals surface area contributed by atoms with Crippen LogP contribution in [0.3, 0.4) is 0 Å². The van der Waals surface area contributed by atoms with Crippen molar-refractivity contribution in [2.24, 2.45) is 13.0 Å². The summed E-state index contributed by atoms with van der Waals surface area (Å²) in [5.74, 6) is 1.00. The van der Waals surface area contributed by atoms with Gasteiger partial charge in [0, 0.05) is 55.9 Å². The number of fused-ring (bicyclic) bond motifs is 4. The molecule has 2 aromatic heterocycles. The molecule has 0 saturated carbocycles. The predicted octanol–water partition coefficient (Wildman–Crippen LogP) is 2.35. The molecule has 158 valence electrons. The molecule has 0 N–H and O–H groups in total. The van der Waals surface area contributed by atoms with E-state index in [1.807, 2.05) is 24.1 Å². The van der Waals surface area contributed by atoms with Crippen LogP contribution in [-0.4, -0.2) is 59.2 Å². The molecule has 2 aliphatic heterocycles. The molecular formula is C24H25N5O2. The Morgan fingerprint density at radius 3 is 2.94 bits per heavy atom. The highest BCUT2D eigenvalue weighted by molar-refractivity contribution is 5.89. The minimum atomic E-state index is -0.0223. The number of nitrogens with zero attached hydrogens (tertiary/aromatic N) is 5. The van der Waals surface area contributed by atoms with E-state index in [0.717, 1.165) is 23.0 Å². The summed E-state index contributed by atoms with van der Waals surface area (Å²) in [7, 11) is 2.02. The zero-order valence-electron chi connectivity index (χ0n) is 17.6. The van der Waals surface area contributed by atoms with Gasteiger partial charge in [0.15, 0.2) is 0 Å². The molecular weight excluding hydrogens is 390 g/mol. The van der Waals surface area contributed by atoms with Crippen LogP contribution in [0.25, 0.3) is 10.9 Å². The Morgan fingerprint density at radius 2 is 2.06 bits per heavy atom. The summed E-state index contributed by atoms with van der Waals surface area (Å²) in [5.41, 5.74) is 2.75. The molecule has 1 aromatic carbocycles. The maximum absolute atomic E-state index is 13.4. The molecule has 7 nitrogen and oxygen atoms in total. The summed E-state index contributed by atoms with van der Waals surface area (Å²) in [6.07, 6.45) is 4.16. The monoisotopic (exact) mass is 415 g/mol. The second kappa shape index (κ2) is 8.05. The third-order valence-corrected chi connectivity index (χ3v) is 6.32. The molecule has 2 atom stereocenters. The Balaban J connectivity index is 1.40. The maximum atomic E-state index is 13.4. The minimum Gasteiger partial charge on any atom is -0.379 e. The largest absolute Gasteiger partial charge is 0.379 e. The average molecular weight is 415 g/mol. The summed E-state index contributed by atoms with van der Waals surface area (Å²) in [4.78, 5) is 22.0. The third kappa shape index (κ3) is 3.64. The van der Waals surface area contributed by atoms with Crippen molar-refractivity contribution in [2.75, 3.05) is 37.7 Å². The molecule has 2 fully saturated rings. The van der Waals surface area contributed by atoms with Gasteiger partial charge in [-0.05, 0) is 23.8 Å². The standard InChI is InChI=1S/C24H25N5O2/c1-27-13-19(21-6-2-3-7-22(21)27)9-23(30)28-11-17-12-29(20(14-28)16-31-15-17)24-18(10-25)5-4-8-26-24/h2-8,13,17,20H,9,11-12,14-16H2,1H3/t17-,20-/m0/s1. The van der Waals surface area contributed by atoms with Crippen molar-refractivity contribution in [3.05, 3.63) is 59.9 Å². The van der Waals surface area contributed by atoms with Crippen LogP contribution in [0.1, 0.15) is 11.1 Å². The minimum absolute atomic E-state index is 0.0223. The fourth-order valence-electron chi connectivity index (χ4n) is 4.86. The first-order valence-electron chi connectivity index (χ1n) is 10.6. The number of anilines is 1. The van der Waals surface area contributed by atoms with Gasteiger partial charge in [0.25, 0.3) is 0 Å². The van der Waals surface area contributed by atoms with Crippen LogP contribution in [0.15, 0.2) is 48.8 Å². The average Bonchev–Trinajstić information content (AvgIpc) is 2.92. The fraction of sp³-hybridized carbons (Fsp3) is 0.375. The maximum Gasteiger partial charge on any atom is 0.227 e. The smallest absolute Gasteiger partial charge is 0.227 e. The van der Waals surface area contributed by atoms with Crippen molar-refractivity contribution in [3.63, 3.8) is 0 Å². The molecule has 1 amide bonds. The van der Waals surface area contributed by atoms with Gasteiger partial charge in [0.2, 0.25) is 5.91 Å². The lowest BCUT2D eigenvalue weighted by molar-refractivity contribution is -0.132. The third-order valence-electron chi connectivity index (χ3n) is 6.32. The number of carbonyl (C=O) groups excluding carboxylic acids is 1. The first-order chi connectivity index (χ1) is 15.1. The van der Waals surface area contributed by atoms with Crippen LogP contribution in [0, 0.1) is 17.2 Å². The zero-order valence-corrected chi connectivity index (χ0v) is 17.6. The quantitative estimate of drug-likeness (QED) is 0.657. The molecule has 0 radical (unpaired) electrons. The number of para-hydroxylation sites is 1. The van der Waals surface area contributed by atoms with E-state index in [4.69, 9.17) is 4.74 Å². The van der Waals surface area contributed by atoms with Crippen molar-refractivity contribution in [1.82, 2.24) is 14.5 Å². The van der Waals surface area contributed by atoms with Crippen LogP contribution in [-0.2, 0) is 23.0 Å². The van der Waals surface area contributed by atoms with Gasteiger partial charge >= 0.3 is 0 Å². The van der Waals surface area contributed by atoms with Crippen LogP contribution >= 0.6 is 0 Å². The SMILES string of the molecule is Cn1cc(CC(=O)N2C[C@@H]3COC[C@H](C2)N(c2ncccc2C#N)C3)c2ccccc21. The first-order valence-corrected chi connectivity index (χ1v) is 10.6. The molecule has 0 spiro atoms. The summed E-state index contributed by atoms with van der Waals surface area (Å²) in [6.45, 7) is 3.09. The summed E-state index contributed by atoms with van der Waals surface area (Å²) >= 11 is 0. The first kappa shape index (κ1) is 19.6. The number of pyridine rings is 1. The van der Waals surface area contributed by atoms with Crippen LogP contribution in [0.4, 0.5) is 5.82 Å². The van der Waals surface area contributed by atoms with Crippen molar-refractivity contribution in [1.29, 1.82) is 5.26 Å². The van der Waals surface area contributed by atoms with Gasteiger partial charge in [-0.1, -0.05) is 18.2 Å². The Labute approximate surface area is 181 Å². The lowest BCUT2D eigenvalue weighted by Gasteiger charge is -2.32. The van der Waals surface area contributed by atoms with E-state index in [1.54, 1.807) is 18.3 Å². The van der Waals surface area contributed by atoms with E-state index >= 15 is 0 Å². The number of hydrogen-bond donors (Lipinski definition) is 0. The Morgan fingerprint density at radius 1 is 1.19 bits per heavy atom. The van der Waals surface area contributed by atoms with Gasteiger partial charge in [0.05, 0.1) is 31.2 Å². The highest BCUT2D eigenvalue weighted by Gasteiger charge is 2.36.